The van der Waals surface area contributed by atoms with Crippen LogP contribution >= 0.6 is 11.3 Å². The molecule has 0 saturated carbocycles. The normalized spacial score (nSPS) is 10.9. The van der Waals surface area contributed by atoms with Crippen molar-refractivity contribution in [2.45, 2.75) is 0 Å². The second-order valence-electron chi connectivity index (χ2n) is 3.49. The highest BCUT2D eigenvalue weighted by atomic mass is 32.1. The lowest BCUT2D eigenvalue weighted by molar-refractivity contribution is 0.416. The SMILES string of the molecule is COc1ccccc1-c1nc2scc(N)n2n1. The number of hydrogen-bond donors (Lipinski definition) is 1. The molecule has 17 heavy (non-hydrogen) atoms. The van der Waals surface area contributed by atoms with Gasteiger partial charge in [0, 0.05) is 5.38 Å². The minimum Gasteiger partial charge on any atom is -0.496 e. The number of ether oxygens (including phenoxy) is 1. The van der Waals surface area contributed by atoms with Crippen molar-refractivity contribution in [2.24, 2.45) is 0 Å². The topological polar surface area (TPSA) is 65.4 Å². The van der Waals surface area contributed by atoms with Gasteiger partial charge in [0.1, 0.15) is 11.6 Å². The summed E-state index contributed by atoms with van der Waals surface area (Å²) in [5.41, 5.74) is 6.64. The lowest BCUT2D eigenvalue weighted by atomic mass is 10.2. The summed E-state index contributed by atoms with van der Waals surface area (Å²) in [6.07, 6.45) is 0. The number of para-hydroxylation sites is 1. The van der Waals surface area contributed by atoms with E-state index in [2.05, 4.69) is 10.1 Å². The van der Waals surface area contributed by atoms with Crippen molar-refractivity contribution in [3.63, 3.8) is 0 Å². The maximum Gasteiger partial charge on any atom is 0.214 e. The third-order valence-electron chi connectivity index (χ3n) is 2.45. The number of benzene rings is 1. The molecular weight excluding hydrogens is 236 g/mol. The Morgan fingerprint density at radius 2 is 2.18 bits per heavy atom. The molecule has 3 rings (SSSR count). The lowest BCUT2D eigenvalue weighted by Crippen LogP contribution is -1.93. The highest BCUT2D eigenvalue weighted by Crippen LogP contribution is 2.28. The quantitative estimate of drug-likeness (QED) is 0.751. The molecule has 5 nitrogen and oxygen atoms in total. The van der Waals surface area contributed by atoms with Crippen LogP contribution in [0.3, 0.4) is 0 Å². The molecule has 2 aromatic heterocycles. The molecular formula is C11H10N4OS. The molecule has 0 unspecified atom stereocenters. The van der Waals surface area contributed by atoms with Gasteiger partial charge < -0.3 is 10.5 Å². The molecule has 3 aromatic rings. The average Bonchev–Trinajstić information content (AvgIpc) is 2.92. The van der Waals surface area contributed by atoms with E-state index in [1.165, 1.54) is 11.3 Å². The Hall–Kier alpha value is -2.08. The third kappa shape index (κ3) is 1.53. The van der Waals surface area contributed by atoms with Gasteiger partial charge in [0.25, 0.3) is 0 Å². The Morgan fingerprint density at radius 3 is 2.94 bits per heavy atom. The van der Waals surface area contributed by atoms with E-state index in [1.807, 2.05) is 29.6 Å². The van der Waals surface area contributed by atoms with E-state index >= 15 is 0 Å². The van der Waals surface area contributed by atoms with Crippen molar-refractivity contribution >= 4 is 22.1 Å². The molecule has 0 atom stereocenters. The second kappa shape index (κ2) is 3.74. The Bertz CT molecular complexity index is 673. The summed E-state index contributed by atoms with van der Waals surface area (Å²) in [5, 5.41) is 6.18. The molecule has 0 spiro atoms. The predicted molar refractivity (Wildman–Crippen MR) is 67.3 cm³/mol. The van der Waals surface area contributed by atoms with E-state index in [-0.39, 0.29) is 0 Å². The number of aromatic nitrogens is 3. The zero-order chi connectivity index (χ0) is 11.8. The van der Waals surface area contributed by atoms with Crippen LogP contribution in [0.4, 0.5) is 5.82 Å². The van der Waals surface area contributed by atoms with Crippen LogP contribution in [0.25, 0.3) is 16.3 Å². The fourth-order valence-corrected chi connectivity index (χ4v) is 2.36. The van der Waals surface area contributed by atoms with Crippen LogP contribution in [0.1, 0.15) is 0 Å². The molecule has 2 N–H and O–H groups in total. The number of hydrogen-bond acceptors (Lipinski definition) is 5. The van der Waals surface area contributed by atoms with Gasteiger partial charge in [-0.05, 0) is 12.1 Å². The molecule has 0 amide bonds. The van der Waals surface area contributed by atoms with E-state index < -0.39 is 0 Å². The van der Waals surface area contributed by atoms with Gasteiger partial charge in [-0.1, -0.05) is 12.1 Å². The van der Waals surface area contributed by atoms with Crippen LogP contribution in [0.15, 0.2) is 29.6 Å². The van der Waals surface area contributed by atoms with Gasteiger partial charge in [-0.2, -0.15) is 9.50 Å². The molecule has 0 aliphatic carbocycles. The number of rotatable bonds is 2. The Morgan fingerprint density at radius 1 is 1.35 bits per heavy atom. The predicted octanol–water partition coefficient (Wildman–Crippen LogP) is 2.05. The number of thiazole rings is 1. The number of nitrogen functional groups attached to an aromatic ring is 1. The van der Waals surface area contributed by atoms with Crippen molar-refractivity contribution in [3.8, 4) is 17.1 Å². The molecule has 6 heteroatoms. The molecule has 0 radical (unpaired) electrons. The smallest absolute Gasteiger partial charge is 0.214 e. The highest BCUT2D eigenvalue weighted by Gasteiger charge is 2.12. The zero-order valence-electron chi connectivity index (χ0n) is 9.12. The summed E-state index contributed by atoms with van der Waals surface area (Å²) in [4.78, 5) is 5.20. The van der Waals surface area contributed by atoms with Crippen molar-refractivity contribution < 1.29 is 4.74 Å². The highest BCUT2D eigenvalue weighted by molar-refractivity contribution is 7.15. The Labute approximate surface area is 101 Å². The second-order valence-corrected chi connectivity index (χ2v) is 4.33. The molecule has 1 aromatic carbocycles. The van der Waals surface area contributed by atoms with Crippen molar-refractivity contribution in [3.05, 3.63) is 29.6 Å². The monoisotopic (exact) mass is 246 g/mol. The van der Waals surface area contributed by atoms with E-state index in [1.54, 1.807) is 11.6 Å². The van der Waals surface area contributed by atoms with Crippen LogP contribution in [-0.2, 0) is 0 Å². The van der Waals surface area contributed by atoms with Gasteiger partial charge in [-0.25, -0.2) is 0 Å². The lowest BCUT2D eigenvalue weighted by Gasteiger charge is -2.03. The summed E-state index contributed by atoms with van der Waals surface area (Å²) >= 11 is 1.47. The summed E-state index contributed by atoms with van der Waals surface area (Å²) in [6, 6.07) is 7.65. The number of methoxy groups -OCH3 is 1. The molecule has 0 fully saturated rings. The van der Waals surface area contributed by atoms with Crippen molar-refractivity contribution in [2.75, 3.05) is 12.8 Å². The van der Waals surface area contributed by atoms with E-state index in [4.69, 9.17) is 10.5 Å². The first-order chi connectivity index (χ1) is 8.29. The summed E-state index contributed by atoms with van der Waals surface area (Å²) in [7, 11) is 1.63. The van der Waals surface area contributed by atoms with Crippen molar-refractivity contribution in [1.29, 1.82) is 0 Å². The van der Waals surface area contributed by atoms with Gasteiger partial charge in [-0.15, -0.1) is 16.4 Å². The van der Waals surface area contributed by atoms with Gasteiger partial charge >= 0.3 is 0 Å². The molecule has 0 bridgehead atoms. The minimum atomic E-state index is 0.596. The fraction of sp³-hybridized carbons (Fsp3) is 0.0909. The van der Waals surface area contributed by atoms with E-state index in [0.717, 1.165) is 16.3 Å². The summed E-state index contributed by atoms with van der Waals surface area (Å²) < 4.78 is 6.92. The molecule has 0 aliphatic rings. The van der Waals surface area contributed by atoms with Gasteiger partial charge in [0.2, 0.25) is 4.96 Å². The van der Waals surface area contributed by atoms with Gasteiger partial charge in [0.15, 0.2) is 5.82 Å². The average molecular weight is 246 g/mol. The standard InChI is InChI=1S/C11H10N4OS/c1-16-8-5-3-2-4-7(8)10-13-11-15(14-10)9(12)6-17-11/h2-6H,12H2,1H3. The van der Waals surface area contributed by atoms with Crippen LogP contribution in [0, 0.1) is 0 Å². The number of nitrogens with zero attached hydrogens (tertiary/aromatic N) is 3. The third-order valence-corrected chi connectivity index (χ3v) is 3.29. The maximum atomic E-state index is 5.78. The first-order valence-electron chi connectivity index (χ1n) is 5.02. The van der Waals surface area contributed by atoms with E-state index in [9.17, 15) is 0 Å². The molecule has 2 heterocycles. The van der Waals surface area contributed by atoms with Gasteiger partial charge in [0.05, 0.1) is 12.7 Å². The van der Waals surface area contributed by atoms with Crippen LogP contribution in [-0.4, -0.2) is 21.7 Å². The maximum absolute atomic E-state index is 5.78. The zero-order valence-corrected chi connectivity index (χ0v) is 9.94. The molecule has 86 valence electrons. The number of nitrogens with two attached hydrogens (primary N) is 1. The molecule has 0 aliphatic heterocycles. The van der Waals surface area contributed by atoms with E-state index in [0.29, 0.717) is 11.6 Å². The Balaban J connectivity index is 2.20. The Kier molecular flexibility index (Phi) is 2.22. The fourth-order valence-electron chi connectivity index (χ4n) is 1.65. The van der Waals surface area contributed by atoms with Crippen LogP contribution in [0.2, 0.25) is 0 Å². The first kappa shape index (κ1) is 10.1. The summed E-state index contributed by atoms with van der Waals surface area (Å²) in [6.45, 7) is 0. The minimum absolute atomic E-state index is 0.596. The summed E-state index contributed by atoms with van der Waals surface area (Å²) in [5.74, 6) is 1.98. The van der Waals surface area contributed by atoms with Crippen molar-refractivity contribution in [1.82, 2.24) is 14.6 Å². The van der Waals surface area contributed by atoms with Crippen LogP contribution < -0.4 is 10.5 Å². The number of fused-ring (bicyclic) bond motifs is 1. The van der Waals surface area contributed by atoms with Crippen LogP contribution in [0.5, 0.6) is 5.75 Å². The number of anilines is 1. The molecule has 0 saturated heterocycles. The first-order valence-corrected chi connectivity index (χ1v) is 5.90. The van der Waals surface area contributed by atoms with Gasteiger partial charge in [-0.3, -0.25) is 0 Å². The largest absolute Gasteiger partial charge is 0.496 e.